The number of carbonyl (C=O) groups is 1. The van der Waals surface area contributed by atoms with Gasteiger partial charge in [0, 0.05) is 44.2 Å². The molecule has 0 saturated carbocycles. The van der Waals surface area contributed by atoms with Crippen LogP contribution in [0, 0.1) is 5.82 Å². The van der Waals surface area contributed by atoms with E-state index < -0.39 is 17.2 Å². The molecule has 2 aromatic rings. The molecule has 0 aromatic heterocycles. The van der Waals surface area contributed by atoms with Crippen LogP contribution in [-0.4, -0.2) is 66.9 Å². The van der Waals surface area contributed by atoms with Crippen LogP contribution < -0.4 is 5.32 Å². The van der Waals surface area contributed by atoms with Gasteiger partial charge in [0.15, 0.2) is 0 Å². The third-order valence-electron chi connectivity index (χ3n) is 5.18. The summed E-state index contributed by atoms with van der Waals surface area (Å²) in [4.78, 5) is 18.2. The first-order valence-electron chi connectivity index (χ1n) is 9.86. The summed E-state index contributed by atoms with van der Waals surface area (Å²) in [7, 11) is 2.01. The first-order valence-corrected chi connectivity index (χ1v) is 11.1. The van der Waals surface area contributed by atoms with Gasteiger partial charge < -0.3 is 15.1 Å². The highest BCUT2D eigenvalue weighted by Crippen LogP contribution is 2.35. The van der Waals surface area contributed by atoms with E-state index in [9.17, 15) is 13.6 Å². The quantitative estimate of drug-likeness (QED) is 0.616. The van der Waals surface area contributed by atoms with Crippen LogP contribution in [0.2, 0.25) is 5.02 Å². The van der Waals surface area contributed by atoms with Crippen molar-refractivity contribution in [3.8, 4) is 0 Å². The summed E-state index contributed by atoms with van der Waals surface area (Å²) in [6, 6.07) is 13.9. The lowest BCUT2D eigenvalue weighted by atomic mass is 10.1. The van der Waals surface area contributed by atoms with Crippen molar-refractivity contribution in [3.63, 3.8) is 0 Å². The zero-order chi connectivity index (χ0) is 21.6. The number of likely N-dealkylation sites (N-methyl/N-ethyl adjacent to an activating group) is 1. The number of nitrogens with zero attached hydrogens (tertiary/aromatic N) is 2. The van der Waals surface area contributed by atoms with Crippen LogP contribution >= 0.6 is 23.4 Å². The minimum Gasteiger partial charge on any atom is -0.339 e. The van der Waals surface area contributed by atoms with E-state index in [2.05, 4.69) is 10.2 Å². The van der Waals surface area contributed by atoms with E-state index in [0.717, 1.165) is 18.0 Å². The number of carbonyl (C=O) groups excluding carboxylic acids is 1. The van der Waals surface area contributed by atoms with Crippen LogP contribution in [0.15, 0.2) is 53.4 Å². The number of nitrogens with one attached hydrogen (secondary N) is 1. The largest absolute Gasteiger partial charge is 0.339 e. The van der Waals surface area contributed by atoms with E-state index in [1.807, 2.05) is 37.4 Å². The van der Waals surface area contributed by atoms with Crippen LogP contribution in [0.3, 0.4) is 0 Å². The third kappa shape index (κ3) is 5.72. The van der Waals surface area contributed by atoms with Crippen molar-refractivity contribution in [3.05, 3.63) is 64.9 Å². The molecule has 1 atom stereocenters. The lowest BCUT2D eigenvalue weighted by Crippen LogP contribution is -2.57. The predicted octanol–water partition coefficient (Wildman–Crippen LogP) is 3.84. The van der Waals surface area contributed by atoms with E-state index in [4.69, 9.17) is 11.6 Å². The molecular formula is C22H26ClF2N3OS. The molecule has 1 aliphatic heterocycles. The molecule has 0 radical (unpaired) electrons. The summed E-state index contributed by atoms with van der Waals surface area (Å²) in [5.41, 5.74) is 0.682. The molecule has 30 heavy (non-hydrogen) atoms. The van der Waals surface area contributed by atoms with E-state index in [1.54, 1.807) is 11.0 Å². The van der Waals surface area contributed by atoms with Crippen molar-refractivity contribution in [2.75, 3.05) is 46.4 Å². The van der Waals surface area contributed by atoms with Crippen LogP contribution in [0.1, 0.15) is 5.56 Å². The molecule has 1 fully saturated rings. The molecular weight excluding hydrogens is 428 g/mol. The number of piperazine rings is 1. The van der Waals surface area contributed by atoms with Gasteiger partial charge in [-0.1, -0.05) is 35.9 Å². The molecule has 1 heterocycles. The first-order chi connectivity index (χ1) is 14.4. The van der Waals surface area contributed by atoms with Crippen LogP contribution in [0.25, 0.3) is 0 Å². The molecule has 8 heteroatoms. The Labute approximate surface area is 185 Å². The Kier molecular flexibility index (Phi) is 8.11. The summed E-state index contributed by atoms with van der Waals surface area (Å²) in [6.45, 7) is 2.31. The Morgan fingerprint density at radius 3 is 2.50 bits per heavy atom. The molecule has 1 saturated heterocycles. The second kappa shape index (κ2) is 10.6. The number of benzene rings is 2. The molecule has 1 unspecified atom stereocenters. The standard InChI is InChI=1S/C22H26ClF2N3OS/c1-27-9-11-28(12-10-27)21(29)22(15-24,30-18-5-3-2-4-6-18)16-26-14-17-7-8-19(23)20(25)13-17/h2-8,13,26H,9-12,14-16H2,1H3. The second-order valence-corrected chi connectivity index (χ2v) is 9.35. The Hall–Kier alpha value is -1.67. The fourth-order valence-corrected chi connectivity index (χ4v) is 4.66. The number of hydrogen-bond acceptors (Lipinski definition) is 4. The van der Waals surface area contributed by atoms with Gasteiger partial charge in [-0.25, -0.2) is 8.78 Å². The molecule has 1 N–H and O–H groups in total. The monoisotopic (exact) mass is 453 g/mol. The highest BCUT2D eigenvalue weighted by atomic mass is 35.5. The van der Waals surface area contributed by atoms with Gasteiger partial charge in [-0.15, -0.1) is 11.8 Å². The average Bonchev–Trinajstić information content (AvgIpc) is 2.76. The second-order valence-electron chi connectivity index (χ2n) is 7.49. The van der Waals surface area contributed by atoms with Crippen molar-refractivity contribution < 1.29 is 13.6 Å². The SMILES string of the molecule is CN1CCN(C(=O)C(CF)(CNCc2ccc(Cl)c(F)c2)Sc2ccccc2)CC1. The number of halogens is 3. The summed E-state index contributed by atoms with van der Waals surface area (Å²) in [6.07, 6.45) is 0. The van der Waals surface area contributed by atoms with Gasteiger partial charge in [-0.05, 0) is 36.9 Å². The highest BCUT2D eigenvalue weighted by Gasteiger charge is 2.43. The lowest BCUT2D eigenvalue weighted by molar-refractivity contribution is -0.135. The van der Waals surface area contributed by atoms with Gasteiger partial charge in [0.25, 0.3) is 0 Å². The van der Waals surface area contributed by atoms with Gasteiger partial charge in [0.1, 0.15) is 17.2 Å². The van der Waals surface area contributed by atoms with Crippen LogP contribution in [0.5, 0.6) is 0 Å². The maximum atomic E-state index is 14.5. The Bertz CT molecular complexity index is 850. The topological polar surface area (TPSA) is 35.6 Å². The number of rotatable bonds is 8. The van der Waals surface area contributed by atoms with Gasteiger partial charge in [0.2, 0.25) is 5.91 Å². The van der Waals surface area contributed by atoms with E-state index >= 15 is 0 Å². The van der Waals surface area contributed by atoms with Gasteiger partial charge in [-0.2, -0.15) is 0 Å². The molecule has 0 spiro atoms. The maximum absolute atomic E-state index is 14.5. The van der Waals surface area contributed by atoms with Crippen molar-refractivity contribution in [2.45, 2.75) is 16.2 Å². The first kappa shape index (κ1) is 23.0. The normalized spacial score (nSPS) is 17.0. The summed E-state index contributed by atoms with van der Waals surface area (Å²) >= 11 is 6.98. The summed E-state index contributed by atoms with van der Waals surface area (Å²) in [5.74, 6) is -0.707. The number of thioether (sulfide) groups is 1. The van der Waals surface area contributed by atoms with E-state index in [1.165, 1.54) is 23.9 Å². The van der Waals surface area contributed by atoms with Crippen molar-refractivity contribution in [1.82, 2.24) is 15.1 Å². The zero-order valence-electron chi connectivity index (χ0n) is 16.9. The molecule has 1 amide bonds. The average molecular weight is 454 g/mol. The number of hydrogen-bond donors (Lipinski definition) is 1. The Morgan fingerprint density at radius 1 is 1.17 bits per heavy atom. The maximum Gasteiger partial charge on any atom is 0.243 e. The molecule has 0 aliphatic carbocycles. The number of amides is 1. The summed E-state index contributed by atoms with van der Waals surface area (Å²) in [5, 5.41) is 3.22. The highest BCUT2D eigenvalue weighted by molar-refractivity contribution is 8.01. The van der Waals surface area contributed by atoms with E-state index in [-0.39, 0.29) is 17.5 Å². The molecule has 3 rings (SSSR count). The van der Waals surface area contributed by atoms with Crippen LogP contribution in [-0.2, 0) is 11.3 Å². The minimum atomic E-state index is -1.29. The summed E-state index contributed by atoms with van der Waals surface area (Å²) < 4.78 is 26.9. The Morgan fingerprint density at radius 2 is 1.87 bits per heavy atom. The van der Waals surface area contributed by atoms with Crippen molar-refractivity contribution >= 4 is 29.3 Å². The van der Waals surface area contributed by atoms with Gasteiger partial charge >= 0.3 is 0 Å². The van der Waals surface area contributed by atoms with Crippen molar-refractivity contribution in [2.24, 2.45) is 0 Å². The number of alkyl halides is 1. The van der Waals surface area contributed by atoms with Gasteiger partial charge in [-0.3, -0.25) is 4.79 Å². The van der Waals surface area contributed by atoms with E-state index in [0.29, 0.717) is 25.2 Å². The molecule has 1 aliphatic rings. The molecule has 0 bridgehead atoms. The smallest absolute Gasteiger partial charge is 0.243 e. The predicted molar refractivity (Wildman–Crippen MR) is 118 cm³/mol. The zero-order valence-corrected chi connectivity index (χ0v) is 18.5. The lowest BCUT2D eigenvalue weighted by Gasteiger charge is -2.39. The Balaban J connectivity index is 1.76. The van der Waals surface area contributed by atoms with Gasteiger partial charge in [0.05, 0.1) is 5.02 Å². The molecule has 2 aromatic carbocycles. The van der Waals surface area contributed by atoms with Crippen LogP contribution in [0.4, 0.5) is 8.78 Å². The third-order valence-corrected chi connectivity index (χ3v) is 6.81. The minimum absolute atomic E-state index is 0.0572. The fraction of sp³-hybridized carbons (Fsp3) is 0.409. The van der Waals surface area contributed by atoms with Crippen molar-refractivity contribution in [1.29, 1.82) is 0 Å². The molecule has 162 valence electrons. The fourth-order valence-electron chi connectivity index (χ4n) is 3.36. The molecule has 4 nitrogen and oxygen atoms in total.